The summed E-state index contributed by atoms with van der Waals surface area (Å²) in [6.45, 7) is 3.80. The molecule has 1 N–H and O–H groups in total. The second-order valence-electron chi connectivity index (χ2n) is 5.38. The number of aryl methyl sites for hydroxylation is 2. The number of carbonyl (C=O) groups is 1. The molecule has 1 aromatic carbocycles. The van der Waals surface area contributed by atoms with E-state index in [0.29, 0.717) is 23.6 Å². The van der Waals surface area contributed by atoms with Crippen LogP contribution in [0, 0.1) is 19.8 Å². The summed E-state index contributed by atoms with van der Waals surface area (Å²) in [5, 5.41) is 3.26. The van der Waals surface area contributed by atoms with Crippen molar-refractivity contribution >= 4 is 33.0 Å². The number of benzene rings is 1. The van der Waals surface area contributed by atoms with Crippen molar-refractivity contribution < 1.29 is 13.2 Å². The molecule has 0 aromatic heterocycles. The van der Waals surface area contributed by atoms with Crippen molar-refractivity contribution in [3.8, 4) is 0 Å². The molecular weight excluding hydrogens is 298 g/mol. The predicted octanol–water partition coefficient (Wildman–Crippen LogP) is 2.72. The number of hydrogen-bond acceptors (Lipinski definition) is 3. The van der Waals surface area contributed by atoms with E-state index in [1.165, 1.54) is 0 Å². The van der Waals surface area contributed by atoms with E-state index in [9.17, 15) is 13.2 Å². The molecule has 0 aliphatic carbocycles. The molecule has 6 heteroatoms. The fraction of sp³-hybridized carbons (Fsp3) is 0.500. The van der Waals surface area contributed by atoms with Crippen LogP contribution in [-0.4, -0.2) is 25.8 Å². The lowest BCUT2D eigenvalue weighted by Crippen LogP contribution is -2.34. The molecule has 1 amide bonds. The number of amides is 1. The van der Waals surface area contributed by atoms with Gasteiger partial charge in [0.25, 0.3) is 0 Å². The van der Waals surface area contributed by atoms with E-state index in [4.69, 9.17) is 11.6 Å². The van der Waals surface area contributed by atoms with Crippen molar-refractivity contribution in [1.29, 1.82) is 0 Å². The Morgan fingerprint density at radius 2 is 2.05 bits per heavy atom. The van der Waals surface area contributed by atoms with Gasteiger partial charge in [-0.15, -0.1) is 0 Å². The van der Waals surface area contributed by atoms with Crippen LogP contribution in [0.5, 0.6) is 0 Å². The van der Waals surface area contributed by atoms with Crippen LogP contribution in [0.2, 0.25) is 5.02 Å². The lowest BCUT2D eigenvalue weighted by molar-refractivity contribution is -0.119. The van der Waals surface area contributed by atoms with Gasteiger partial charge in [-0.3, -0.25) is 4.79 Å². The standard InChI is InChI=1S/C14H18ClNO3S/c1-9-6-10(2)13(12(15)7-9)16-14(17)11-4-3-5-20(18,19)8-11/h6-7,11H,3-5,8H2,1-2H3,(H,16,17). The first kappa shape index (κ1) is 15.3. The van der Waals surface area contributed by atoms with Gasteiger partial charge in [0.05, 0.1) is 28.1 Å². The average molecular weight is 316 g/mol. The highest BCUT2D eigenvalue weighted by atomic mass is 35.5. The van der Waals surface area contributed by atoms with Gasteiger partial charge in [-0.1, -0.05) is 17.7 Å². The first-order valence-corrected chi connectivity index (χ1v) is 8.76. The molecule has 20 heavy (non-hydrogen) atoms. The summed E-state index contributed by atoms with van der Waals surface area (Å²) in [6.07, 6.45) is 1.15. The zero-order valence-corrected chi connectivity index (χ0v) is 13.1. The monoisotopic (exact) mass is 315 g/mol. The molecule has 1 unspecified atom stereocenters. The van der Waals surface area contributed by atoms with Crippen LogP contribution in [0.1, 0.15) is 24.0 Å². The molecule has 1 heterocycles. The minimum Gasteiger partial charge on any atom is -0.324 e. The minimum atomic E-state index is -3.09. The van der Waals surface area contributed by atoms with Gasteiger partial charge < -0.3 is 5.32 Å². The first-order chi connectivity index (χ1) is 9.28. The molecule has 1 aliphatic heterocycles. The van der Waals surface area contributed by atoms with E-state index < -0.39 is 15.8 Å². The van der Waals surface area contributed by atoms with Crippen LogP contribution in [0.25, 0.3) is 0 Å². The highest BCUT2D eigenvalue weighted by Gasteiger charge is 2.30. The van der Waals surface area contributed by atoms with Crippen LogP contribution in [-0.2, 0) is 14.6 Å². The number of anilines is 1. The van der Waals surface area contributed by atoms with Crippen molar-refractivity contribution in [1.82, 2.24) is 0 Å². The molecule has 1 saturated heterocycles. The lowest BCUT2D eigenvalue weighted by atomic mass is 10.0. The van der Waals surface area contributed by atoms with Crippen LogP contribution in [0.4, 0.5) is 5.69 Å². The Morgan fingerprint density at radius 3 is 2.65 bits per heavy atom. The lowest BCUT2D eigenvalue weighted by Gasteiger charge is -2.22. The van der Waals surface area contributed by atoms with Gasteiger partial charge in [0.15, 0.2) is 9.84 Å². The molecule has 0 bridgehead atoms. The van der Waals surface area contributed by atoms with E-state index in [1.807, 2.05) is 19.9 Å². The third kappa shape index (κ3) is 3.52. The molecule has 110 valence electrons. The summed E-state index contributed by atoms with van der Waals surface area (Å²) in [4.78, 5) is 12.2. The minimum absolute atomic E-state index is 0.0681. The maximum absolute atomic E-state index is 12.2. The molecule has 2 rings (SSSR count). The summed E-state index contributed by atoms with van der Waals surface area (Å²) in [6, 6.07) is 3.71. The van der Waals surface area contributed by atoms with Gasteiger partial charge in [0.1, 0.15) is 0 Å². The fourth-order valence-corrected chi connectivity index (χ4v) is 4.60. The van der Waals surface area contributed by atoms with Crippen molar-refractivity contribution in [2.75, 3.05) is 16.8 Å². The maximum Gasteiger partial charge on any atom is 0.228 e. The molecule has 1 atom stereocenters. The highest BCUT2D eigenvalue weighted by Crippen LogP contribution is 2.29. The summed E-state index contributed by atoms with van der Waals surface area (Å²) in [5.41, 5.74) is 2.47. The van der Waals surface area contributed by atoms with E-state index >= 15 is 0 Å². The highest BCUT2D eigenvalue weighted by molar-refractivity contribution is 7.91. The molecule has 0 spiro atoms. The van der Waals surface area contributed by atoms with Crippen molar-refractivity contribution in [2.45, 2.75) is 26.7 Å². The molecular formula is C14H18ClNO3S. The van der Waals surface area contributed by atoms with Crippen LogP contribution in [0.3, 0.4) is 0 Å². The summed E-state index contributed by atoms with van der Waals surface area (Å²) in [7, 11) is -3.09. The fourth-order valence-electron chi connectivity index (χ4n) is 2.53. The Bertz CT molecular complexity index is 617. The van der Waals surface area contributed by atoms with Gasteiger partial charge in [-0.25, -0.2) is 8.42 Å². The molecule has 0 saturated carbocycles. The van der Waals surface area contributed by atoms with Gasteiger partial charge in [0.2, 0.25) is 5.91 Å². The van der Waals surface area contributed by atoms with E-state index in [2.05, 4.69) is 5.32 Å². The summed E-state index contributed by atoms with van der Waals surface area (Å²) < 4.78 is 23.2. The van der Waals surface area contributed by atoms with E-state index in [1.54, 1.807) is 6.07 Å². The second kappa shape index (κ2) is 5.74. The quantitative estimate of drug-likeness (QED) is 0.912. The molecule has 0 radical (unpaired) electrons. The van der Waals surface area contributed by atoms with E-state index in [0.717, 1.165) is 11.1 Å². The zero-order valence-electron chi connectivity index (χ0n) is 11.6. The SMILES string of the molecule is Cc1cc(C)c(NC(=O)C2CCCS(=O)(=O)C2)c(Cl)c1. The molecule has 1 fully saturated rings. The van der Waals surface area contributed by atoms with Gasteiger partial charge in [0, 0.05) is 0 Å². The van der Waals surface area contributed by atoms with Crippen molar-refractivity contribution in [3.05, 3.63) is 28.3 Å². The third-order valence-corrected chi connectivity index (χ3v) is 5.63. The van der Waals surface area contributed by atoms with Crippen LogP contribution < -0.4 is 5.32 Å². The topological polar surface area (TPSA) is 63.2 Å². The number of sulfone groups is 1. The van der Waals surface area contributed by atoms with Crippen molar-refractivity contribution in [2.24, 2.45) is 5.92 Å². The molecule has 1 aromatic rings. The third-order valence-electron chi connectivity index (χ3n) is 3.51. The molecule has 4 nitrogen and oxygen atoms in total. The number of halogens is 1. The van der Waals surface area contributed by atoms with Gasteiger partial charge in [-0.05, 0) is 43.9 Å². The van der Waals surface area contributed by atoms with Crippen LogP contribution >= 0.6 is 11.6 Å². The smallest absolute Gasteiger partial charge is 0.228 e. The molecule has 1 aliphatic rings. The Balaban J connectivity index is 2.16. The number of carbonyl (C=O) groups excluding carboxylic acids is 1. The predicted molar refractivity (Wildman–Crippen MR) is 80.9 cm³/mol. The normalized spacial score (nSPS) is 21.4. The Kier molecular flexibility index (Phi) is 4.39. The largest absolute Gasteiger partial charge is 0.324 e. The van der Waals surface area contributed by atoms with Crippen molar-refractivity contribution in [3.63, 3.8) is 0 Å². The van der Waals surface area contributed by atoms with Gasteiger partial charge >= 0.3 is 0 Å². The number of hydrogen-bond donors (Lipinski definition) is 1. The van der Waals surface area contributed by atoms with Crippen LogP contribution in [0.15, 0.2) is 12.1 Å². The first-order valence-electron chi connectivity index (χ1n) is 6.56. The number of rotatable bonds is 2. The Morgan fingerprint density at radius 1 is 1.35 bits per heavy atom. The maximum atomic E-state index is 12.2. The summed E-state index contributed by atoms with van der Waals surface area (Å²) in [5.74, 6) is -0.629. The zero-order chi connectivity index (χ0) is 14.9. The van der Waals surface area contributed by atoms with E-state index in [-0.39, 0.29) is 17.4 Å². The Labute approximate surface area is 124 Å². The number of nitrogens with one attached hydrogen (secondary N) is 1. The summed E-state index contributed by atoms with van der Waals surface area (Å²) >= 11 is 6.14. The van der Waals surface area contributed by atoms with Gasteiger partial charge in [-0.2, -0.15) is 0 Å². The average Bonchev–Trinajstić information content (AvgIpc) is 2.32. The second-order valence-corrected chi connectivity index (χ2v) is 8.02. The Hall–Kier alpha value is -1.07.